The molecule has 0 aliphatic heterocycles. The molecule has 0 radical (unpaired) electrons. The van der Waals surface area contributed by atoms with Crippen LogP contribution in [0, 0.1) is 0 Å². The lowest BCUT2D eigenvalue weighted by Gasteiger charge is -2.22. The van der Waals surface area contributed by atoms with Crippen molar-refractivity contribution < 1.29 is 18.3 Å². The first-order chi connectivity index (χ1) is 14.7. The monoisotopic (exact) mass is 452 g/mol. The molecule has 0 bridgehead atoms. The van der Waals surface area contributed by atoms with Crippen LogP contribution in [0.5, 0.6) is 5.75 Å². The van der Waals surface area contributed by atoms with E-state index in [0.29, 0.717) is 28.5 Å². The van der Waals surface area contributed by atoms with E-state index in [0.717, 1.165) is 38.2 Å². The predicted octanol–water partition coefficient (Wildman–Crippen LogP) is 6.37. The quantitative estimate of drug-likeness (QED) is 0.389. The second-order valence-electron chi connectivity index (χ2n) is 7.31. The van der Waals surface area contributed by atoms with Crippen molar-refractivity contribution in [2.45, 2.75) is 39.4 Å². The number of fused-ring (bicyclic) bond motifs is 1. The second-order valence-corrected chi connectivity index (χ2v) is 7.75. The molecular formula is C22H24ClF3N4O. The Labute approximate surface area is 183 Å². The van der Waals surface area contributed by atoms with Gasteiger partial charge < -0.3 is 10.4 Å². The van der Waals surface area contributed by atoms with Gasteiger partial charge in [-0.2, -0.15) is 13.2 Å². The summed E-state index contributed by atoms with van der Waals surface area (Å²) in [5, 5.41) is 14.3. The van der Waals surface area contributed by atoms with Crippen LogP contribution in [0.2, 0.25) is 5.02 Å². The third kappa shape index (κ3) is 5.57. The van der Waals surface area contributed by atoms with E-state index in [-0.39, 0.29) is 16.8 Å². The first-order valence-corrected chi connectivity index (χ1v) is 10.4. The van der Waals surface area contributed by atoms with E-state index in [2.05, 4.69) is 34.0 Å². The topological polar surface area (TPSA) is 61.3 Å². The number of aromatic hydroxyl groups is 1. The molecule has 3 rings (SSSR count). The Morgan fingerprint density at radius 2 is 1.77 bits per heavy atom. The van der Waals surface area contributed by atoms with Crippen molar-refractivity contribution in [3.05, 3.63) is 52.8 Å². The zero-order chi connectivity index (χ0) is 22.6. The number of pyridine rings is 2. The predicted molar refractivity (Wildman–Crippen MR) is 117 cm³/mol. The molecule has 0 fully saturated rings. The van der Waals surface area contributed by atoms with Crippen LogP contribution in [0.25, 0.3) is 11.0 Å². The number of hydrogen-bond acceptors (Lipinski definition) is 5. The molecule has 0 amide bonds. The molecule has 0 aliphatic carbocycles. The molecule has 2 N–H and O–H groups in total. The summed E-state index contributed by atoms with van der Waals surface area (Å²) < 4.78 is 39.0. The van der Waals surface area contributed by atoms with Crippen LogP contribution in [-0.4, -0.2) is 33.1 Å². The average Bonchev–Trinajstić information content (AvgIpc) is 2.71. The molecule has 0 unspecified atom stereocenters. The van der Waals surface area contributed by atoms with Crippen LogP contribution in [0.1, 0.15) is 37.8 Å². The number of aromatic nitrogens is 2. The summed E-state index contributed by atoms with van der Waals surface area (Å²) in [6.07, 6.45) is -0.373. The highest BCUT2D eigenvalue weighted by molar-refractivity contribution is 6.31. The van der Waals surface area contributed by atoms with Crippen LogP contribution < -0.4 is 5.32 Å². The lowest BCUT2D eigenvalue weighted by atomic mass is 10.1. The standard InChI is InChI=1S/C22H24ClF3N4O/c1-3-7-30(8-4-2)13-14-9-16(23)11-19(21(14)31)29-17-5-6-27-18-10-15(22(24,25)26)12-28-20(17)18/h5-6,9-12,31H,3-4,7-8,13H2,1-2H3,(H,27,29). The van der Waals surface area contributed by atoms with Gasteiger partial charge in [0, 0.05) is 29.5 Å². The molecule has 2 heterocycles. The van der Waals surface area contributed by atoms with Crippen LogP contribution in [-0.2, 0) is 12.7 Å². The molecular weight excluding hydrogens is 429 g/mol. The van der Waals surface area contributed by atoms with Gasteiger partial charge in [-0.1, -0.05) is 25.4 Å². The van der Waals surface area contributed by atoms with Gasteiger partial charge in [-0.25, -0.2) is 0 Å². The van der Waals surface area contributed by atoms with Gasteiger partial charge in [0.15, 0.2) is 0 Å². The maximum atomic E-state index is 13.0. The van der Waals surface area contributed by atoms with Crippen molar-refractivity contribution in [3.63, 3.8) is 0 Å². The summed E-state index contributed by atoms with van der Waals surface area (Å²) in [6, 6.07) is 5.83. The molecule has 9 heteroatoms. The highest BCUT2D eigenvalue weighted by atomic mass is 35.5. The highest BCUT2D eigenvalue weighted by Crippen LogP contribution is 2.36. The Hall–Kier alpha value is -2.58. The van der Waals surface area contributed by atoms with Gasteiger partial charge in [-0.3, -0.25) is 14.9 Å². The van der Waals surface area contributed by atoms with E-state index in [9.17, 15) is 18.3 Å². The number of alkyl halides is 3. The summed E-state index contributed by atoms with van der Waals surface area (Å²) >= 11 is 6.29. The number of anilines is 2. The zero-order valence-electron chi connectivity index (χ0n) is 17.3. The van der Waals surface area contributed by atoms with Gasteiger partial charge in [0.05, 0.1) is 22.5 Å². The van der Waals surface area contributed by atoms with Crippen LogP contribution in [0.4, 0.5) is 24.5 Å². The largest absolute Gasteiger partial charge is 0.505 e. The van der Waals surface area contributed by atoms with Crippen LogP contribution in [0.15, 0.2) is 36.7 Å². The van der Waals surface area contributed by atoms with Crippen LogP contribution in [0.3, 0.4) is 0 Å². The molecule has 31 heavy (non-hydrogen) atoms. The number of nitrogens with zero attached hydrogens (tertiary/aromatic N) is 3. The summed E-state index contributed by atoms with van der Waals surface area (Å²) in [6.45, 7) is 6.51. The van der Waals surface area contributed by atoms with E-state index in [1.165, 1.54) is 6.20 Å². The van der Waals surface area contributed by atoms with Gasteiger partial charge in [0.25, 0.3) is 0 Å². The van der Waals surface area contributed by atoms with E-state index in [1.807, 2.05) is 0 Å². The molecule has 1 aromatic carbocycles. The second kappa shape index (κ2) is 9.70. The fourth-order valence-electron chi connectivity index (χ4n) is 3.45. The Morgan fingerprint density at radius 3 is 2.42 bits per heavy atom. The molecule has 2 aromatic heterocycles. The summed E-state index contributed by atoms with van der Waals surface area (Å²) in [7, 11) is 0. The van der Waals surface area contributed by atoms with Crippen molar-refractivity contribution in [1.82, 2.24) is 14.9 Å². The van der Waals surface area contributed by atoms with Crippen molar-refractivity contribution in [2.24, 2.45) is 0 Å². The SMILES string of the molecule is CCCN(CCC)Cc1cc(Cl)cc(Nc2ccnc3cc(C(F)(F)F)cnc23)c1O. The molecule has 0 atom stereocenters. The van der Waals surface area contributed by atoms with E-state index in [1.54, 1.807) is 18.2 Å². The summed E-state index contributed by atoms with van der Waals surface area (Å²) in [5.74, 6) is 0.0403. The lowest BCUT2D eigenvalue weighted by molar-refractivity contribution is -0.137. The summed E-state index contributed by atoms with van der Waals surface area (Å²) in [4.78, 5) is 10.2. The highest BCUT2D eigenvalue weighted by Gasteiger charge is 2.31. The Morgan fingerprint density at radius 1 is 1.06 bits per heavy atom. The maximum absolute atomic E-state index is 13.0. The van der Waals surface area contributed by atoms with E-state index < -0.39 is 11.7 Å². The lowest BCUT2D eigenvalue weighted by Crippen LogP contribution is -2.25. The molecule has 166 valence electrons. The molecule has 3 aromatic rings. The first kappa shape index (κ1) is 23.1. The molecule has 0 aliphatic rings. The smallest absolute Gasteiger partial charge is 0.417 e. The number of hydrogen-bond donors (Lipinski definition) is 2. The Balaban J connectivity index is 1.95. The Bertz CT molecular complexity index is 1050. The number of benzene rings is 1. The number of phenolic OH excluding ortho intramolecular Hbond substituents is 1. The van der Waals surface area contributed by atoms with Gasteiger partial charge in [-0.15, -0.1) is 0 Å². The van der Waals surface area contributed by atoms with Crippen molar-refractivity contribution >= 4 is 34.0 Å². The van der Waals surface area contributed by atoms with Gasteiger partial charge in [0.1, 0.15) is 11.3 Å². The fourth-order valence-corrected chi connectivity index (χ4v) is 3.69. The Kier molecular flexibility index (Phi) is 7.23. The minimum absolute atomic E-state index is 0.0403. The zero-order valence-corrected chi connectivity index (χ0v) is 18.1. The van der Waals surface area contributed by atoms with Crippen molar-refractivity contribution in [2.75, 3.05) is 18.4 Å². The van der Waals surface area contributed by atoms with Gasteiger partial charge >= 0.3 is 6.18 Å². The van der Waals surface area contributed by atoms with Crippen molar-refractivity contribution in [3.8, 4) is 5.75 Å². The molecule has 0 spiro atoms. The van der Waals surface area contributed by atoms with Gasteiger partial charge in [-0.05, 0) is 50.2 Å². The average molecular weight is 453 g/mol. The van der Waals surface area contributed by atoms with E-state index >= 15 is 0 Å². The minimum atomic E-state index is -4.50. The molecule has 5 nitrogen and oxygen atoms in total. The number of halogens is 4. The minimum Gasteiger partial charge on any atom is -0.505 e. The maximum Gasteiger partial charge on any atom is 0.417 e. The first-order valence-electron chi connectivity index (χ1n) is 10.1. The number of rotatable bonds is 8. The third-order valence-electron chi connectivity index (χ3n) is 4.80. The fraction of sp³-hybridized carbons (Fsp3) is 0.364. The van der Waals surface area contributed by atoms with Gasteiger partial charge in [0.2, 0.25) is 0 Å². The van der Waals surface area contributed by atoms with Crippen LogP contribution >= 0.6 is 11.6 Å². The molecule has 0 saturated heterocycles. The van der Waals surface area contributed by atoms with Crippen molar-refractivity contribution in [1.29, 1.82) is 0 Å². The van der Waals surface area contributed by atoms with E-state index in [4.69, 9.17) is 11.6 Å². The number of phenols is 1. The number of nitrogens with one attached hydrogen (secondary N) is 1. The summed E-state index contributed by atoms with van der Waals surface area (Å²) in [5.41, 5.74) is 0.923. The molecule has 0 saturated carbocycles. The normalized spacial score (nSPS) is 12.0. The third-order valence-corrected chi connectivity index (χ3v) is 5.02.